The highest BCUT2D eigenvalue weighted by atomic mass is 16.2. The van der Waals surface area contributed by atoms with Crippen molar-refractivity contribution in [2.24, 2.45) is 11.8 Å². The zero-order valence-corrected chi connectivity index (χ0v) is 12.0. The van der Waals surface area contributed by atoms with Crippen molar-refractivity contribution in [1.82, 2.24) is 4.90 Å². The van der Waals surface area contributed by atoms with Crippen LogP contribution < -0.4 is 0 Å². The SMILES string of the molecule is C[C@H]1[C@H](C)C(=O)N(C(C)(C)C)[C@@H]1c1ccccc1. The van der Waals surface area contributed by atoms with Crippen molar-refractivity contribution in [3.05, 3.63) is 35.9 Å². The van der Waals surface area contributed by atoms with Crippen LogP contribution in [0.1, 0.15) is 46.2 Å². The summed E-state index contributed by atoms with van der Waals surface area (Å²) in [5.41, 5.74) is 1.12. The average Bonchev–Trinajstić information content (AvgIpc) is 2.54. The topological polar surface area (TPSA) is 20.3 Å². The Kier molecular flexibility index (Phi) is 3.22. The second-order valence-electron chi connectivity index (χ2n) is 6.38. The first-order valence-corrected chi connectivity index (χ1v) is 6.72. The maximum absolute atomic E-state index is 12.5. The summed E-state index contributed by atoms with van der Waals surface area (Å²) in [5.74, 6) is 0.748. The van der Waals surface area contributed by atoms with Crippen LogP contribution in [0.4, 0.5) is 0 Å². The molecule has 1 aliphatic rings. The van der Waals surface area contributed by atoms with Gasteiger partial charge in [-0.05, 0) is 32.3 Å². The zero-order chi connectivity index (χ0) is 13.5. The standard InChI is InChI=1S/C16H23NO/c1-11-12(2)15(18)17(16(3,4)5)14(11)13-9-7-6-8-10-13/h6-12,14H,1-5H3/t11-,12-,14-/m0/s1. The van der Waals surface area contributed by atoms with E-state index in [0.717, 1.165) is 0 Å². The molecule has 98 valence electrons. The van der Waals surface area contributed by atoms with E-state index >= 15 is 0 Å². The summed E-state index contributed by atoms with van der Waals surface area (Å²) >= 11 is 0. The highest BCUT2D eigenvalue weighted by molar-refractivity contribution is 5.82. The van der Waals surface area contributed by atoms with Crippen LogP contribution in [-0.4, -0.2) is 16.3 Å². The van der Waals surface area contributed by atoms with Gasteiger partial charge in [-0.15, -0.1) is 0 Å². The van der Waals surface area contributed by atoms with Gasteiger partial charge in [0.1, 0.15) is 0 Å². The van der Waals surface area contributed by atoms with Gasteiger partial charge in [0.15, 0.2) is 0 Å². The molecule has 0 radical (unpaired) electrons. The Labute approximate surface area is 110 Å². The number of rotatable bonds is 1. The van der Waals surface area contributed by atoms with Gasteiger partial charge in [0, 0.05) is 11.5 Å². The molecule has 1 heterocycles. The molecule has 0 spiro atoms. The summed E-state index contributed by atoms with van der Waals surface area (Å²) in [7, 11) is 0. The fourth-order valence-corrected chi connectivity index (χ4v) is 2.94. The summed E-state index contributed by atoms with van der Waals surface area (Å²) in [5, 5.41) is 0. The van der Waals surface area contributed by atoms with E-state index in [4.69, 9.17) is 0 Å². The van der Waals surface area contributed by atoms with Gasteiger partial charge in [0.25, 0.3) is 0 Å². The van der Waals surface area contributed by atoms with Gasteiger partial charge in [-0.3, -0.25) is 4.79 Å². The van der Waals surface area contributed by atoms with E-state index in [1.54, 1.807) is 0 Å². The first kappa shape index (κ1) is 13.1. The van der Waals surface area contributed by atoms with Crippen LogP contribution in [0.2, 0.25) is 0 Å². The molecule has 1 aromatic rings. The summed E-state index contributed by atoms with van der Waals surface area (Å²) in [6, 6.07) is 10.6. The van der Waals surface area contributed by atoms with E-state index in [9.17, 15) is 4.79 Å². The normalized spacial score (nSPS) is 28.8. The van der Waals surface area contributed by atoms with Gasteiger partial charge in [-0.2, -0.15) is 0 Å². The third kappa shape index (κ3) is 2.05. The van der Waals surface area contributed by atoms with Crippen LogP contribution in [0.3, 0.4) is 0 Å². The summed E-state index contributed by atoms with van der Waals surface area (Å²) in [6.45, 7) is 10.6. The van der Waals surface area contributed by atoms with Gasteiger partial charge in [-0.25, -0.2) is 0 Å². The molecule has 2 heteroatoms. The molecule has 1 saturated heterocycles. The second-order valence-corrected chi connectivity index (χ2v) is 6.38. The van der Waals surface area contributed by atoms with Crippen molar-refractivity contribution < 1.29 is 4.79 Å². The molecule has 0 saturated carbocycles. The van der Waals surface area contributed by atoms with Crippen molar-refractivity contribution in [3.63, 3.8) is 0 Å². The second kappa shape index (κ2) is 4.42. The number of carbonyl (C=O) groups excluding carboxylic acids is 1. The predicted molar refractivity (Wildman–Crippen MR) is 74.1 cm³/mol. The molecule has 1 aromatic carbocycles. The molecule has 0 N–H and O–H groups in total. The van der Waals surface area contributed by atoms with Crippen molar-refractivity contribution in [2.45, 2.75) is 46.2 Å². The molecule has 1 fully saturated rings. The Morgan fingerprint density at radius 2 is 1.61 bits per heavy atom. The van der Waals surface area contributed by atoms with Crippen molar-refractivity contribution in [2.75, 3.05) is 0 Å². The average molecular weight is 245 g/mol. The van der Waals surface area contributed by atoms with Crippen molar-refractivity contribution in [1.29, 1.82) is 0 Å². The minimum atomic E-state index is -0.128. The number of carbonyl (C=O) groups is 1. The monoisotopic (exact) mass is 245 g/mol. The van der Waals surface area contributed by atoms with E-state index in [-0.39, 0.29) is 23.4 Å². The summed E-state index contributed by atoms with van der Waals surface area (Å²) in [4.78, 5) is 14.5. The number of benzene rings is 1. The number of likely N-dealkylation sites (tertiary alicyclic amines) is 1. The Bertz CT molecular complexity index is 432. The van der Waals surface area contributed by atoms with Gasteiger partial charge < -0.3 is 4.90 Å². The number of amides is 1. The van der Waals surface area contributed by atoms with Crippen LogP contribution >= 0.6 is 0 Å². The molecule has 0 unspecified atom stereocenters. The van der Waals surface area contributed by atoms with Crippen LogP contribution in [0.15, 0.2) is 30.3 Å². The molecule has 1 amide bonds. The third-order valence-corrected chi connectivity index (χ3v) is 4.06. The first-order valence-electron chi connectivity index (χ1n) is 6.72. The Balaban J connectivity index is 2.46. The van der Waals surface area contributed by atoms with E-state index in [1.807, 2.05) is 6.07 Å². The van der Waals surface area contributed by atoms with Gasteiger partial charge in [0.05, 0.1) is 6.04 Å². The maximum Gasteiger partial charge on any atom is 0.226 e. The lowest BCUT2D eigenvalue weighted by atomic mass is 9.89. The summed E-state index contributed by atoms with van der Waals surface area (Å²) in [6.07, 6.45) is 0. The minimum Gasteiger partial charge on any atom is -0.330 e. The molecule has 3 atom stereocenters. The number of nitrogens with zero attached hydrogens (tertiary/aromatic N) is 1. The Morgan fingerprint density at radius 1 is 1.06 bits per heavy atom. The third-order valence-electron chi connectivity index (χ3n) is 4.06. The van der Waals surface area contributed by atoms with Crippen molar-refractivity contribution >= 4 is 5.91 Å². The van der Waals surface area contributed by atoms with E-state index < -0.39 is 0 Å². The molecule has 2 nitrogen and oxygen atoms in total. The van der Waals surface area contributed by atoms with E-state index in [1.165, 1.54) is 5.56 Å². The Hall–Kier alpha value is -1.31. The quantitative estimate of drug-likeness (QED) is 0.739. The van der Waals surface area contributed by atoms with Crippen molar-refractivity contribution in [3.8, 4) is 0 Å². The van der Waals surface area contributed by atoms with Crippen LogP contribution in [-0.2, 0) is 4.79 Å². The maximum atomic E-state index is 12.5. The zero-order valence-electron chi connectivity index (χ0n) is 12.0. The van der Waals surface area contributed by atoms with Gasteiger partial charge >= 0.3 is 0 Å². The number of hydrogen-bond acceptors (Lipinski definition) is 1. The summed E-state index contributed by atoms with van der Waals surface area (Å²) < 4.78 is 0. The number of hydrogen-bond donors (Lipinski definition) is 0. The molecular formula is C16H23NO. The van der Waals surface area contributed by atoms with Crippen LogP contribution in [0.5, 0.6) is 0 Å². The fourth-order valence-electron chi connectivity index (χ4n) is 2.94. The van der Waals surface area contributed by atoms with E-state index in [2.05, 4.69) is 63.8 Å². The van der Waals surface area contributed by atoms with Crippen LogP contribution in [0, 0.1) is 11.8 Å². The first-order chi connectivity index (χ1) is 8.34. The largest absolute Gasteiger partial charge is 0.330 e. The van der Waals surface area contributed by atoms with E-state index in [0.29, 0.717) is 5.92 Å². The Morgan fingerprint density at radius 3 is 2.11 bits per heavy atom. The molecule has 0 aromatic heterocycles. The minimum absolute atomic E-state index is 0.106. The molecule has 18 heavy (non-hydrogen) atoms. The van der Waals surface area contributed by atoms with Gasteiger partial charge in [0.2, 0.25) is 5.91 Å². The molecule has 0 bridgehead atoms. The molecule has 2 rings (SSSR count). The highest BCUT2D eigenvalue weighted by Gasteiger charge is 2.47. The van der Waals surface area contributed by atoms with Gasteiger partial charge in [-0.1, -0.05) is 44.2 Å². The lowest BCUT2D eigenvalue weighted by molar-refractivity contribution is -0.136. The molecule has 1 aliphatic heterocycles. The highest BCUT2D eigenvalue weighted by Crippen LogP contribution is 2.44. The fraction of sp³-hybridized carbons (Fsp3) is 0.562. The smallest absolute Gasteiger partial charge is 0.226 e. The molecule has 0 aliphatic carbocycles. The lowest BCUT2D eigenvalue weighted by Gasteiger charge is -2.38. The predicted octanol–water partition coefficient (Wildman–Crippen LogP) is 3.64. The lowest BCUT2D eigenvalue weighted by Crippen LogP contribution is -2.44. The molecular weight excluding hydrogens is 222 g/mol. The van der Waals surface area contributed by atoms with Crippen LogP contribution in [0.25, 0.3) is 0 Å².